The van der Waals surface area contributed by atoms with Crippen LogP contribution in [0.5, 0.6) is 11.5 Å². The fourth-order valence-electron chi connectivity index (χ4n) is 5.25. The Morgan fingerprint density at radius 3 is 2.63 bits per heavy atom. The zero-order chi connectivity index (χ0) is 24.0. The lowest BCUT2D eigenvalue weighted by atomic mass is 10.0. The van der Waals surface area contributed by atoms with Crippen molar-refractivity contribution >= 4 is 11.6 Å². The largest absolute Gasteiger partial charge is 0.493 e. The Bertz CT molecular complexity index is 1100. The second kappa shape index (κ2) is 10.8. The zero-order valence-corrected chi connectivity index (χ0v) is 20.4. The fraction of sp³-hybridized carbons (Fsp3) is 0.429. The van der Waals surface area contributed by atoms with E-state index in [1.165, 1.54) is 18.4 Å². The van der Waals surface area contributed by atoms with Gasteiger partial charge in [-0.3, -0.25) is 4.79 Å². The molecule has 2 fully saturated rings. The van der Waals surface area contributed by atoms with Crippen LogP contribution in [0.25, 0.3) is 0 Å². The lowest BCUT2D eigenvalue weighted by molar-refractivity contribution is -0.134. The molecule has 5 rings (SSSR count). The summed E-state index contributed by atoms with van der Waals surface area (Å²) in [4.78, 5) is 21.8. The molecular weight excluding hydrogens is 440 g/mol. The Balaban J connectivity index is 1.35. The van der Waals surface area contributed by atoms with Crippen molar-refractivity contribution in [1.82, 2.24) is 14.5 Å². The highest BCUT2D eigenvalue weighted by Gasteiger charge is 2.31. The van der Waals surface area contributed by atoms with Crippen molar-refractivity contribution in [3.63, 3.8) is 0 Å². The minimum absolute atomic E-state index is 0.0727. The maximum Gasteiger partial charge on any atom is 0.242 e. The van der Waals surface area contributed by atoms with E-state index in [0.29, 0.717) is 13.1 Å². The van der Waals surface area contributed by atoms with Crippen LogP contribution in [0.15, 0.2) is 67.3 Å². The molecule has 1 aliphatic heterocycles. The smallest absolute Gasteiger partial charge is 0.242 e. The molecule has 184 valence electrons. The highest BCUT2D eigenvalue weighted by Crippen LogP contribution is 2.35. The quantitative estimate of drug-likeness (QED) is 0.490. The van der Waals surface area contributed by atoms with E-state index in [1.807, 2.05) is 27.8 Å². The van der Waals surface area contributed by atoms with Crippen LogP contribution >= 0.6 is 0 Å². The Hall–Kier alpha value is -3.48. The normalized spacial score (nSPS) is 18.6. The standard InChI is InChI=1S/C28H34N4O3/c1-34-26-12-11-23(18-27(26)35-25-9-5-6-10-25)31-15-16-32(28(33)20-30-14-13-29-21-30)24(19-31)17-22-7-3-2-4-8-22/h2-4,7-8,11-14,18,21,24-25H,5-6,9-10,15-17,19-20H2,1H3. The lowest BCUT2D eigenvalue weighted by Crippen LogP contribution is -2.56. The van der Waals surface area contributed by atoms with Crippen molar-refractivity contribution < 1.29 is 14.3 Å². The van der Waals surface area contributed by atoms with Crippen LogP contribution in [0, 0.1) is 0 Å². The summed E-state index contributed by atoms with van der Waals surface area (Å²) in [7, 11) is 1.69. The SMILES string of the molecule is COc1ccc(N2CCN(C(=O)Cn3ccnc3)C(Cc3ccccc3)C2)cc1OC1CCCC1. The average Bonchev–Trinajstić information content (AvgIpc) is 3.59. The summed E-state index contributed by atoms with van der Waals surface area (Å²) >= 11 is 0. The van der Waals surface area contributed by atoms with Crippen LogP contribution in [0.3, 0.4) is 0 Å². The van der Waals surface area contributed by atoms with Crippen molar-refractivity contribution in [2.24, 2.45) is 0 Å². The molecular formula is C28H34N4O3. The van der Waals surface area contributed by atoms with Crippen LogP contribution < -0.4 is 14.4 Å². The molecule has 1 saturated carbocycles. The first-order chi connectivity index (χ1) is 17.2. The van der Waals surface area contributed by atoms with Crippen molar-refractivity contribution in [3.05, 3.63) is 72.8 Å². The molecule has 2 aliphatic rings. The number of carbonyl (C=O) groups is 1. The second-order valence-electron chi connectivity index (χ2n) is 9.47. The molecule has 1 aliphatic carbocycles. The predicted molar refractivity (Wildman–Crippen MR) is 136 cm³/mol. The van der Waals surface area contributed by atoms with Gasteiger partial charge in [-0.25, -0.2) is 4.98 Å². The van der Waals surface area contributed by atoms with Gasteiger partial charge in [-0.15, -0.1) is 0 Å². The summed E-state index contributed by atoms with van der Waals surface area (Å²) in [5, 5.41) is 0. The molecule has 1 aromatic heterocycles. The van der Waals surface area contributed by atoms with Crippen LogP contribution in [-0.4, -0.2) is 59.2 Å². The van der Waals surface area contributed by atoms with Gasteiger partial charge >= 0.3 is 0 Å². The number of benzene rings is 2. The van der Waals surface area contributed by atoms with Gasteiger partial charge in [0.25, 0.3) is 0 Å². The van der Waals surface area contributed by atoms with Crippen LogP contribution in [0.2, 0.25) is 0 Å². The van der Waals surface area contributed by atoms with Gasteiger partial charge in [0, 0.05) is 43.8 Å². The lowest BCUT2D eigenvalue weighted by Gasteiger charge is -2.43. The molecule has 1 saturated heterocycles. The minimum Gasteiger partial charge on any atom is -0.493 e. The van der Waals surface area contributed by atoms with Gasteiger partial charge in [0.2, 0.25) is 5.91 Å². The monoisotopic (exact) mass is 474 g/mol. The average molecular weight is 475 g/mol. The van der Waals surface area contributed by atoms with Crippen molar-refractivity contribution in [3.8, 4) is 11.5 Å². The van der Waals surface area contributed by atoms with Crippen molar-refractivity contribution in [1.29, 1.82) is 0 Å². The molecule has 7 nitrogen and oxygen atoms in total. The van der Waals surface area contributed by atoms with E-state index in [2.05, 4.69) is 46.3 Å². The van der Waals surface area contributed by atoms with Crippen LogP contribution in [0.4, 0.5) is 5.69 Å². The third-order valence-electron chi connectivity index (χ3n) is 7.10. The molecule has 0 N–H and O–H groups in total. The predicted octanol–water partition coefficient (Wildman–Crippen LogP) is 4.17. The number of imidazole rings is 1. The summed E-state index contributed by atoms with van der Waals surface area (Å²) in [6, 6.07) is 16.7. The van der Waals surface area contributed by atoms with Crippen LogP contribution in [0.1, 0.15) is 31.2 Å². The molecule has 2 aromatic carbocycles. The van der Waals surface area contributed by atoms with Gasteiger partial charge in [-0.2, -0.15) is 0 Å². The Morgan fingerprint density at radius 1 is 1.06 bits per heavy atom. The first-order valence-corrected chi connectivity index (χ1v) is 12.6. The molecule has 2 heterocycles. The van der Waals surface area contributed by atoms with E-state index in [-0.39, 0.29) is 18.1 Å². The van der Waals surface area contributed by atoms with Gasteiger partial charge in [-0.05, 0) is 49.8 Å². The molecule has 35 heavy (non-hydrogen) atoms. The molecule has 0 bridgehead atoms. The Morgan fingerprint density at radius 2 is 1.89 bits per heavy atom. The molecule has 0 spiro atoms. The summed E-state index contributed by atoms with van der Waals surface area (Å²) in [5.74, 6) is 1.72. The van der Waals surface area contributed by atoms with E-state index in [9.17, 15) is 4.79 Å². The van der Waals surface area contributed by atoms with Gasteiger partial charge in [0.1, 0.15) is 6.54 Å². The van der Waals surface area contributed by atoms with Crippen LogP contribution in [-0.2, 0) is 17.8 Å². The van der Waals surface area contributed by atoms with E-state index in [4.69, 9.17) is 9.47 Å². The maximum absolute atomic E-state index is 13.3. The highest BCUT2D eigenvalue weighted by molar-refractivity contribution is 5.77. The van der Waals surface area contributed by atoms with Crippen molar-refractivity contribution in [2.75, 3.05) is 31.6 Å². The number of piperazine rings is 1. The summed E-state index contributed by atoms with van der Waals surface area (Å²) in [5.41, 5.74) is 2.35. The third-order valence-corrected chi connectivity index (χ3v) is 7.10. The van der Waals surface area contributed by atoms with E-state index < -0.39 is 0 Å². The summed E-state index contributed by atoms with van der Waals surface area (Å²) in [6.45, 7) is 2.53. The number of carbonyl (C=O) groups excluding carboxylic acids is 1. The van der Waals surface area contributed by atoms with Gasteiger partial charge in [-0.1, -0.05) is 30.3 Å². The number of aromatic nitrogens is 2. The number of hydrogen-bond acceptors (Lipinski definition) is 5. The molecule has 1 atom stereocenters. The third kappa shape index (κ3) is 5.61. The van der Waals surface area contributed by atoms with E-state index in [0.717, 1.165) is 49.5 Å². The van der Waals surface area contributed by atoms with E-state index >= 15 is 0 Å². The number of amides is 1. The van der Waals surface area contributed by atoms with Gasteiger partial charge in [0.15, 0.2) is 11.5 Å². The number of methoxy groups -OCH3 is 1. The van der Waals surface area contributed by atoms with Gasteiger partial charge in [0.05, 0.1) is 25.6 Å². The molecule has 0 radical (unpaired) electrons. The number of hydrogen-bond donors (Lipinski definition) is 0. The highest BCUT2D eigenvalue weighted by atomic mass is 16.5. The minimum atomic E-state index is 0.0727. The van der Waals surface area contributed by atoms with Crippen molar-refractivity contribution in [2.45, 2.75) is 50.8 Å². The van der Waals surface area contributed by atoms with E-state index in [1.54, 1.807) is 19.6 Å². The summed E-state index contributed by atoms with van der Waals surface area (Å²) in [6.07, 6.45) is 11.0. The number of ether oxygens (including phenoxy) is 2. The molecule has 3 aromatic rings. The molecule has 1 amide bonds. The number of anilines is 1. The topological polar surface area (TPSA) is 59.8 Å². The molecule has 1 unspecified atom stereocenters. The maximum atomic E-state index is 13.3. The first-order valence-electron chi connectivity index (χ1n) is 12.6. The second-order valence-corrected chi connectivity index (χ2v) is 9.47. The first kappa shape index (κ1) is 23.3. The number of nitrogens with zero attached hydrogens (tertiary/aromatic N) is 4. The summed E-state index contributed by atoms with van der Waals surface area (Å²) < 4.78 is 13.8. The molecule has 7 heteroatoms. The Kier molecular flexibility index (Phi) is 7.21. The zero-order valence-electron chi connectivity index (χ0n) is 20.4. The fourth-order valence-corrected chi connectivity index (χ4v) is 5.25. The van der Waals surface area contributed by atoms with Gasteiger partial charge < -0.3 is 23.8 Å². The Labute approximate surface area is 207 Å². The number of rotatable bonds is 8.